The molecule has 3 rings (SSSR count). The number of halogens is 1. The number of aromatic nitrogens is 1. The highest BCUT2D eigenvalue weighted by Gasteiger charge is 2.45. The van der Waals surface area contributed by atoms with Gasteiger partial charge in [-0.25, -0.2) is 13.4 Å². The Morgan fingerprint density at radius 2 is 2.04 bits per heavy atom. The number of aliphatic imine (C=N–C) groups is 1. The normalized spacial score (nSPS) is 20.6. The fourth-order valence-corrected chi connectivity index (χ4v) is 5.12. The Labute approximate surface area is 164 Å². The van der Waals surface area contributed by atoms with E-state index in [9.17, 15) is 8.42 Å². The van der Waals surface area contributed by atoms with Crippen LogP contribution in [0, 0.1) is 5.41 Å². The molecule has 7 nitrogen and oxygen atoms in total. The van der Waals surface area contributed by atoms with E-state index in [0.717, 1.165) is 44.2 Å². The summed E-state index contributed by atoms with van der Waals surface area (Å²) >= 11 is 1.64. The van der Waals surface area contributed by atoms with Crippen LogP contribution in [0.25, 0.3) is 0 Å². The van der Waals surface area contributed by atoms with Crippen molar-refractivity contribution < 1.29 is 8.42 Å². The van der Waals surface area contributed by atoms with Gasteiger partial charge in [0, 0.05) is 56.0 Å². The molecule has 2 heterocycles. The number of thiazole rings is 1. The van der Waals surface area contributed by atoms with E-state index in [1.54, 1.807) is 11.3 Å². The van der Waals surface area contributed by atoms with Gasteiger partial charge in [0.2, 0.25) is 0 Å². The number of nitrogens with zero attached hydrogens (tertiary/aromatic N) is 4. The van der Waals surface area contributed by atoms with Crippen molar-refractivity contribution in [3.05, 3.63) is 11.6 Å². The number of sulfone groups is 1. The van der Waals surface area contributed by atoms with Gasteiger partial charge < -0.3 is 15.5 Å². The predicted octanol–water partition coefficient (Wildman–Crippen LogP) is 1.02. The molecule has 1 aliphatic carbocycles. The molecule has 0 unspecified atom stereocenters. The second-order valence-electron chi connectivity index (χ2n) is 6.53. The van der Waals surface area contributed by atoms with Crippen LogP contribution in [0.15, 0.2) is 16.6 Å². The van der Waals surface area contributed by atoms with E-state index in [2.05, 4.69) is 19.8 Å². The Morgan fingerprint density at radius 1 is 1.38 bits per heavy atom. The second-order valence-corrected chi connectivity index (χ2v) is 9.55. The second kappa shape index (κ2) is 7.73. The van der Waals surface area contributed by atoms with Gasteiger partial charge in [0.25, 0.3) is 0 Å². The molecular formula is C14H24IN5O2S2. The minimum absolute atomic E-state index is 0. The molecular weight excluding hydrogens is 461 g/mol. The number of guanidine groups is 1. The Kier molecular flexibility index (Phi) is 6.35. The van der Waals surface area contributed by atoms with Crippen molar-refractivity contribution in [1.29, 1.82) is 0 Å². The van der Waals surface area contributed by atoms with E-state index in [1.807, 2.05) is 11.6 Å². The summed E-state index contributed by atoms with van der Waals surface area (Å²) in [6.45, 7) is 3.89. The summed E-state index contributed by atoms with van der Waals surface area (Å²) in [6, 6.07) is 0. The summed E-state index contributed by atoms with van der Waals surface area (Å²) in [4.78, 5) is 13.1. The third kappa shape index (κ3) is 5.19. The van der Waals surface area contributed by atoms with E-state index in [1.165, 1.54) is 6.26 Å². The molecule has 0 bridgehead atoms. The van der Waals surface area contributed by atoms with E-state index in [-0.39, 0.29) is 35.1 Å². The van der Waals surface area contributed by atoms with Crippen molar-refractivity contribution in [2.45, 2.75) is 12.8 Å². The lowest BCUT2D eigenvalue weighted by Crippen LogP contribution is -2.51. The van der Waals surface area contributed by atoms with Crippen LogP contribution in [0.5, 0.6) is 0 Å². The monoisotopic (exact) mass is 485 g/mol. The van der Waals surface area contributed by atoms with Gasteiger partial charge in [0.15, 0.2) is 11.1 Å². The SMILES string of the molecule is CS(=O)(=O)CC1(CN=C(N)N2CCN(c3nccs3)CC2)CC1.I. The highest BCUT2D eigenvalue weighted by molar-refractivity contribution is 14.0. The average molecular weight is 485 g/mol. The maximum absolute atomic E-state index is 11.5. The molecule has 0 amide bonds. The minimum Gasteiger partial charge on any atom is -0.370 e. The molecule has 0 aromatic carbocycles. The van der Waals surface area contributed by atoms with Gasteiger partial charge in [-0.15, -0.1) is 35.3 Å². The number of anilines is 1. The number of rotatable bonds is 5. The summed E-state index contributed by atoms with van der Waals surface area (Å²) in [6.07, 6.45) is 4.96. The van der Waals surface area contributed by atoms with Crippen LogP contribution < -0.4 is 10.6 Å². The molecule has 2 aliphatic rings. The minimum atomic E-state index is -2.96. The predicted molar refractivity (Wildman–Crippen MR) is 109 cm³/mol. The number of piperazine rings is 1. The van der Waals surface area contributed by atoms with Crippen molar-refractivity contribution >= 4 is 56.2 Å². The molecule has 1 saturated heterocycles. The Balaban J connectivity index is 0.00000208. The van der Waals surface area contributed by atoms with Crippen LogP contribution in [0.4, 0.5) is 5.13 Å². The zero-order chi connectivity index (χ0) is 16.5. The molecule has 1 saturated carbocycles. The van der Waals surface area contributed by atoms with Gasteiger partial charge in [0.1, 0.15) is 9.84 Å². The van der Waals surface area contributed by atoms with Crippen molar-refractivity contribution in [2.75, 3.05) is 49.6 Å². The van der Waals surface area contributed by atoms with E-state index < -0.39 is 9.84 Å². The zero-order valence-corrected chi connectivity index (χ0v) is 17.7. The van der Waals surface area contributed by atoms with Crippen molar-refractivity contribution in [3.8, 4) is 0 Å². The van der Waals surface area contributed by atoms with E-state index in [0.29, 0.717) is 12.5 Å². The van der Waals surface area contributed by atoms with Crippen LogP contribution in [-0.2, 0) is 9.84 Å². The summed E-state index contributed by atoms with van der Waals surface area (Å²) < 4.78 is 23.0. The highest BCUT2D eigenvalue weighted by atomic mass is 127. The van der Waals surface area contributed by atoms with Crippen molar-refractivity contribution in [3.63, 3.8) is 0 Å². The Bertz CT molecular complexity index is 665. The summed E-state index contributed by atoms with van der Waals surface area (Å²) in [7, 11) is -2.96. The lowest BCUT2D eigenvalue weighted by Gasteiger charge is -2.35. The quantitative estimate of drug-likeness (QED) is 0.381. The average Bonchev–Trinajstić information content (AvgIpc) is 3.02. The molecule has 136 valence electrons. The van der Waals surface area contributed by atoms with Crippen LogP contribution in [-0.4, -0.2) is 69.0 Å². The number of nitrogens with two attached hydrogens (primary N) is 1. The molecule has 10 heteroatoms. The van der Waals surface area contributed by atoms with E-state index >= 15 is 0 Å². The van der Waals surface area contributed by atoms with Crippen LogP contribution in [0.1, 0.15) is 12.8 Å². The molecule has 2 fully saturated rings. The first-order valence-electron chi connectivity index (χ1n) is 7.74. The van der Waals surface area contributed by atoms with Crippen LogP contribution >= 0.6 is 35.3 Å². The lowest BCUT2D eigenvalue weighted by molar-refractivity contribution is 0.379. The van der Waals surface area contributed by atoms with Crippen LogP contribution in [0.2, 0.25) is 0 Å². The van der Waals surface area contributed by atoms with Gasteiger partial charge in [0.05, 0.1) is 5.75 Å². The fourth-order valence-electron chi connectivity index (χ4n) is 2.93. The molecule has 1 aromatic rings. The summed E-state index contributed by atoms with van der Waals surface area (Å²) in [5.41, 5.74) is 5.94. The maximum atomic E-state index is 11.5. The highest BCUT2D eigenvalue weighted by Crippen LogP contribution is 2.46. The standard InChI is InChI=1S/C14H23N5O2S2.HI/c1-23(20,21)11-14(2-3-14)10-17-12(15)18-5-7-19(8-6-18)13-16-4-9-22-13;/h4,9H,2-3,5-8,10-11H2,1H3,(H2,15,17);1H. The van der Waals surface area contributed by atoms with E-state index in [4.69, 9.17) is 5.73 Å². The van der Waals surface area contributed by atoms with Gasteiger partial charge in [-0.05, 0) is 12.8 Å². The summed E-state index contributed by atoms with van der Waals surface area (Å²) in [5.74, 6) is 0.748. The summed E-state index contributed by atoms with van der Waals surface area (Å²) in [5, 5.41) is 3.03. The van der Waals surface area contributed by atoms with Crippen LogP contribution in [0.3, 0.4) is 0 Å². The molecule has 0 spiro atoms. The molecule has 1 aliphatic heterocycles. The third-order valence-corrected chi connectivity index (χ3v) is 6.36. The molecule has 0 atom stereocenters. The fraction of sp³-hybridized carbons (Fsp3) is 0.714. The maximum Gasteiger partial charge on any atom is 0.191 e. The van der Waals surface area contributed by atoms with Gasteiger partial charge in [-0.3, -0.25) is 4.99 Å². The Hall–Kier alpha value is -0.620. The lowest BCUT2D eigenvalue weighted by atomic mass is 10.1. The number of hydrogen-bond donors (Lipinski definition) is 1. The van der Waals surface area contributed by atoms with Crippen molar-refractivity contribution in [2.24, 2.45) is 16.1 Å². The van der Waals surface area contributed by atoms with Gasteiger partial charge >= 0.3 is 0 Å². The number of hydrogen-bond acceptors (Lipinski definition) is 6. The largest absolute Gasteiger partial charge is 0.370 e. The zero-order valence-electron chi connectivity index (χ0n) is 13.7. The third-order valence-electron chi connectivity index (χ3n) is 4.40. The molecule has 1 aromatic heterocycles. The molecule has 2 N–H and O–H groups in total. The first kappa shape index (κ1) is 19.7. The molecule has 0 radical (unpaired) electrons. The van der Waals surface area contributed by atoms with Gasteiger partial charge in [-0.2, -0.15) is 0 Å². The smallest absolute Gasteiger partial charge is 0.191 e. The first-order chi connectivity index (χ1) is 10.9. The topological polar surface area (TPSA) is 91.9 Å². The first-order valence-corrected chi connectivity index (χ1v) is 10.7. The van der Waals surface area contributed by atoms with Crippen molar-refractivity contribution in [1.82, 2.24) is 9.88 Å². The van der Waals surface area contributed by atoms with Gasteiger partial charge in [-0.1, -0.05) is 0 Å². The Morgan fingerprint density at radius 3 is 2.54 bits per heavy atom. The molecule has 24 heavy (non-hydrogen) atoms.